The van der Waals surface area contributed by atoms with E-state index in [0.29, 0.717) is 96.9 Å². The second-order valence-corrected chi connectivity index (χ2v) is 21.9. The zero-order valence-corrected chi connectivity index (χ0v) is 46.8. The van der Waals surface area contributed by atoms with Crippen LogP contribution < -0.4 is 16.0 Å². The predicted octanol–water partition coefficient (Wildman–Crippen LogP) is 9.45. The number of carboxylic acid groups (broad SMARTS) is 1. The molecule has 0 aromatic carbocycles. The summed E-state index contributed by atoms with van der Waals surface area (Å²) in [4.78, 5) is 75.7. The van der Waals surface area contributed by atoms with Gasteiger partial charge in [0.1, 0.15) is 23.7 Å². The van der Waals surface area contributed by atoms with Crippen molar-refractivity contribution in [3.8, 4) is 0 Å². The quantitative estimate of drug-likeness (QED) is 0.0447. The third-order valence-electron chi connectivity index (χ3n) is 12.7. The Balaban J connectivity index is 2.45. The highest BCUT2D eigenvalue weighted by Gasteiger charge is 2.23. The fourth-order valence-electron chi connectivity index (χ4n) is 8.04. The Morgan fingerprint density at radius 3 is 1.67 bits per heavy atom. The number of ketones is 2. The first kappa shape index (κ1) is 67.2. The van der Waals surface area contributed by atoms with Crippen molar-refractivity contribution in [3.05, 3.63) is 11.9 Å². The van der Waals surface area contributed by atoms with Gasteiger partial charge in [-0.15, -0.1) is 5.10 Å². The highest BCUT2D eigenvalue weighted by molar-refractivity contribution is 5.88. The van der Waals surface area contributed by atoms with Gasteiger partial charge in [0, 0.05) is 63.2 Å². The van der Waals surface area contributed by atoms with E-state index in [4.69, 9.17) is 18.9 Å². The maximum atomic E-state index is 13.4. The molecule has 1 heterocycles. The number of nitrogens with zero attached hydrogens (tertiary/aromatic N) is 3. The van der Waals surface area contributed by atoms with E-state index < -0.39 is 18.1 Å². The Morgan fingerprint density at radius 1 is 0.575 bits per heavy atom. The van der Waals surface area contributed by atoms with Crippen molar-refractivity contribution >= 4 is 35.3 Å². The minimum atomic E-state index is -1.15. The molecule has 0 aliphatic heterocycles. The highest BCUT2D eigenvalue weighted by Crippen LogP contribution is 2.22. The number of hydrogen-bond donors (Lipinski definition) is 4. The molecule has 3 amide bonds. The van der Waals surface area contributed by atoms with E-state index in [2.05, 4.69) is 54.0 Å². The third-order valence-corrected chi connectivity index (χ3v) is 12.7. The van der Waals surface area contributed by atoms with Gasteiger partial charge in [-0.05, 0) is 43.9 Å². The van der Waals surface area contributed by atoms with Crippen LogP contribution >= 0.6 is 0 Å². The largest absolute Gasteiger partial charge is 0.480 e. The zero-order chi connectivity index (χ0) is 54.0. The Hall–Kier alpha value is -3.80. The summed E-state index contributed by atoms with van der Waals surface area (Å²) in [5.41, 5.74) is 0.628. The Morgan fingerprint density at radius 2 is 1.10 bits per heavy atom. The summed E-state index contributed by atoms with van der Waals surface area (Å²) < 4.78 is 24.0. The Labute approximate surface area is 440 Å². The molecule has 0 fully saturated rings. The number of hydrogen-bond acceptors (Lipinski definition) is 12. The van der Waals surface area contributed by atoms with Crippen LogP contribution in [0.1, 0.15) is 221 Å². The first-order valence-corrected chi connectivity index (χ1v) is 28.3. The number of aromatic nitrogens is 3. The molecule has 2 atom stereocenters. The molecular weight excluding hydrogens is 933 g/mol. The molecule has 1 aromatic rings. The molecule has 0 saturated heterocycles. The number of rotatable bonds is 49. The lowest BCUT2D eigenvalue weighted by molar-refractivity contribution is -0.142. The number of aryl methyl sites for hydroxylation is 2. The van der Waals surface area contributed by atoms with E-state index in [0.717, 1.165) is 45.1 Å². The van der Waals surface area contributed by atoms with E-state index in [9.17, 15) is 33.9 Å². The van der Waals surface area contributed by atoms with Crippen LogP contribution in [0.5, 0.6) is 0 Å². The molecular formula is C56H102N6O11. The molecule has 4 N–H and O–H groups in total. The monoisotopic (exact) mass is 1030 g/mol. The van der Waals surface area contributed by atoms with Crippen molar-refractivity contribution in [1.29, 1.82) is 0 Å². The lowest BCUT2D eigenvalue weighted by Crippen LogP contribution is -2.47. The smallest absolute Gasteiger partial charge is 0.326 e. The van der Waals surface area contributed by atoms with Gasteiger partial charge in [0.2, 0.25) is 17.7 Å². The van der Waals surface area contributed by atoms with Gasteiger partial charge in [0.05, 0.1) is 58.5 Å². The van der Waals surface area contributed by atoms with Crippen LogP contribution in [-0.2, 0) is 60.7 Å². The van der Waals surface area contributed by atoms with Crippen LogP contribution in [-0.4, -0.2) is 127 Å². The molecule has 1 rings (SSSR count). The standard InChI is InChI=1S/C56H102N6O11/c1-8-9-10-11-12-13-14-15-16-17-18-19-23-28-51(65)59-49(54(68)69)31-30-47(63)26-21-20-22-27-48(58-52(66)32-29-46-45-62(61-60-46)36-25-24-34-55(2,3)4)53(67)57-35-38-71-40-42-73-44-43-72-41-39-70-37-33-50(64)56(5,6)7/h45,48-49H,8-44H2,1-7H3,(H,57,67)(H,58,66)(H,59,65)(H,68,69)/t48-,49-/m0/s1. The maximum absolute atomic E-state index is 13.4. The SMILES string of the molecule is CCCCCCCCCCCCCCCC(=O)N[C@@H](CCC(=O)CCCCC[C@H](NC(=O)CCc1cn(CCCCC(C)(C)C)nn1)C(=O)NCCOCCOCCOCCOCCC(=O)C(C)(C)C)C(=O)O. The maximum Gasteiger partial charge on any atom is 0.326 e. The summed E-state index contributed by atoms with van der Waals surface area (Å²) in [6, 6.07) is -1.90. The zero-order valence-electron chi connectivity index (χ0n) is 46.8. The summed E-state index contributed by atoms with van der Waals surface area (Å²) >= 11 is 0. The minimum Gasteiger partial charge on any atom is -0.480 e. The van der Waals surface area contributed by atoms with Gasteiger partial charge in [0.15, 0.2) is 0 Å². The number of Topliss-reactive ketones (excluding diaryl/α,β-unsaturated/α-hetero) is 2. The molecule has 422 valence electrons. The van der Waals surface area contributed by atoms with Crippen LogP contribution in [0.4, 0.5) is 0 Å². The van der Waals surface area contributed by atoms with E-state index in [1.165, 1.54) is 57.8 Å². The van der Waals surface area contributed by atoms with Crippen LogP contribution in [0.25, 0.3) is 0 Å². The summed E-state index contributed by atoms with van der Waals surface area (Å²) in [7, 11) is 0. The number of nitrogens with one attached hydrogen (secondary N) is 3. The molecule has 0 radical (unpaired) electrons. The summed E-state index contributed by atoms with van der Waals surface area (Å²) in [5, 5.41) is 26.6. The minimum absolute atomic E-state index is 0.0347. The Bertz CT molecular complexity index is 1630. The van der Waals surface area contributed by atoms with Gasteiger partial charge in [0.25, 0.3) is 0 Å². The lowest BCUT2D eigenvalue weighted by Gasteiger charge is -2.18. The number of amides is 3. The normalized spacial score (nSPS) is 12.6. The first-order chi connectivity index (χ1) is 34.9. The van der Waals surface area contributed by atoms with Crippen molar-refractivity contribution < 1.29 is 52.8 Å². The van der Waals surface area contributed by atoms with Crippen molar-refractivity contribution in [1.82, 2.24) is 30.9 Å². The number of carbonyl (C=O) groups excluding carboxylic acids is 5. The molecule has 17 heteroatoms. The van der Waals surface area contributed by atoms with Gasteiger partial charge in [-0.1, -0.05) is 150 Å². The van der Waals surface area contributed by atoms with Gasteiger partial charge in [-0.3, -0.25) is 28.7 Å². The molecule has 0 aliphatic rings. The number of carboxylic acids is 1. The van der Waals surface area contributed by atoms with Gasteiger partial charge in [-0.2, -0.15) is 0 Å². The molecule has 0 spiro atoms. The molecule has 0 aliphatic carbocycles. The van der Waals surface area contributed by atoms with Crippen LogP contribution in [0, 0.1) is 10.8 Å². The molecule has 73 heavy (non-hydrogen) atoms. The predicted molar refractivity (Wildman–Crippen MR) is 286 cm³/mol. The van der Waals surface area contributed by atoms with E-state index >= 15 is 0 Å². The summed E-state index contributed by atoms with van der Waals surface area (Å²) in [5.74, 6) is -1.97. The summed E-state index contributed by atoms with van der Waals surface area (Å²) in [6.07, 6.45) is 24.3. The molecule has 0 saturated carbocycles. The number of unbranched alkanes of at least 4 members (excludes halogenated alkanes) is 15. The van der Waals surface area contributed by atoms with Crippen LogP contribution in [0.2, 0.25) is 0 Å². The number of ether oxygens (including phenoxy) is 4. The van der Waals surface area contributed by atoms with Crippen molar-refractivity contribution in [2.45, 2.75) is 240 Å². The lowest BCUT2D eigenvalue weighted by atomic mass is 9.89. The average Bonchev–Trinajstić information content (AvgIpc) is 3.80. The van der Waals surface area contributed by atoms with Gasteiger partial charge >= 0.3 is 5.97 Å². The van der Waals surface area contributed by atoms with Crippen molar-refractivity contribution in [2.24, 2.45) is 10.8 Å². The van der Waals surface area contributed by atoms with Gasteiger partial charge < -0.3 is 40.0 Å². The van der Waals surface area contributed by atoms with Gasteiger partial charge in [-0.25, -0.2) is 4.79 Å². The second kappa shape index (κ2) is 42.4. The van der Waals surface area contributed by atoms with E-state index in [1.54, 1.807) is 0 Å². The average molecular weight is 1040 g/mol. The molecule has 0 bridgehead atoms. The van der Waals surface area contributed by atoms with E-state index in [-0.39, 0.29) is 85.4 Å². The molecule has 0 unspecified atom stereocenters. The van der Waals surface area contributed by atoms with Crippen molar-refractivity contribution in [3.63, 3.8) is 0 Å². The highest BCUT2D eigenvalue weighted by atomic mass is 16.6. The molecule has 1 aromatic heterocycles. The van der Waals surface area contributed by atoms with Crippen molar-refractivity contribution in [2.75, 3.05) is 59.4 Å². The van der Waals surface area contributed by atoms with Crippen LogP contribution in [0.15, 0.2) is 6.20 Å². The van der Waals surface area contributed by atoms with Crippen LogP contribution in [0.3, 0.4) is 0 Å². The second-order valence-electron chi connectivity index (χ2n) is 21.9. The number of aliphatic carboxylic acids is 1. The summed E-state index contributed by atoms with van der Waals surface area (Å²) in [6.45, 7) is 18.5. The van der Waals surface area contributed by atoms with E-state index in [1.807, 2.05) is 31.6 Å². The third kappa shape index (κ3) is 40.2. The Kier molecular flexibility index (Phi) is 39.1. The topological polar surface area (TPSA) is 226 Å². The fourth-order valence-corrected chi connectivity index (χ4v) is 8.04. The fraction of sp³-hybridized carbons (Fsp3) is 0.857. The number of carbonyl (C=O) groups is 6. The first-order valence-electron chi connectivity index (χ1n) is 28.3. The molecule has 17 nitrogen and oxygen atoms in total.